The molecule has 1 amide bonds. The van der Waals surface area contributed by atoms with Gasteiger partial charge in [-0.2, -0.15) is 0 Å². The summed E-state index contributed by atoms with van der Waals surface area (Å²) >= 11 is 4.62. The molecule has 3 atom stereocenters. The molecule has 1 saturated heterocycles. The number of aromatic nitrogens is 1. The second-order valence-electron chi connectivity index (χ2n) is 11.1. The number of ether oxygens (including phenoxy) is 1. The van der Waals surface area contributed by atoms with Crippen LogP contribution in [0.1, 0.15) is 53.9 Å². The van der Waals surface area contributed by atoms with E-state index in [0.29, 0.717) is 18.6 Å². The topological polar surface area (TPSA) is 104 Å². The second-order valence-corrected chi connectivity index (χ2v) is 12.6. The number of carbonyl (C=O) groups is 2. The minimum Gasteiger partial charge on any atom is -0.487 e. The van der Waals surface area contributed by atoms with Gasteiger partial charge in [-0.25, -0.2) is 4.39 Å². The van der Waals surface area contributed by atoms with E-state index in [0.717, 1.165) is 20.0 Å². The lowest BCUT2D eigenvalue weighted by molar-refractivity contribution is -0.139. The van der Waals surface area contributed by atoms with Gasteiger partial charge >= 0.3 is 5.97 Å². The highest BCUT2D eigenvalue weighted by atomic mass is 127. The molecule has 3 aromatic rings. The van der Waals surface area contributed by atoms with Crippen molar-refractivity contribution in [2.45, 2.75) is 54.3 Å². The molecule has 3 heterocycles. The average Bonchev–Trinajstić information content (AvgIpc) is 2.96. The number of anilines is 1. The first-order chi connectivity index (χ1) is 20.0. The number of benzene rings is 2. The van der Waals surface area contributed by atoms with Crippen LogP contribution >= 0.6 is 45.2 Å². The van der Waals surface area contributed by atoms with Gasteiger partial charge in [0.25, 0.3) is 5.91 Å². The second kappa shape index (κ2) is 12.6. The lowest BCUT2D eigenvalue weighted by Crippen LogP contribution is -2.58. The highest BCUT2D eigenvalue weighted by molar-refractivity contribution is 14.1. The van der Waals surface area contributed by atoms with Gasteiger partial charge in [-0.3, -0.25) is 19.3 Å². The van der Waals surface area contributed by atoms with Crippen molar-refractivity contribution >= 4 is 73.6 Å². The third-order valence-electron chi connectivity index (χ3n) is 8.13. The van der Waals surface area contributed by atoms with Gasteiger partial charge in [0, 0.05) is 46.8 Å². The summed E-state index contributed by atoms with van der Waals surface area (Å²) in [5.74, 6) is -1.75. The van der Waals surface area contributed by atoms with E-state index in [1.54, 1.807) is 6.20 Å². The van der Waals surface area contributed by atoms with E-state index in [-0.39, 0.29) is 60.2 Å². The van der Waals surface area contributed by atoms with Crippen molar-refractivity contribution in [3.8, 4) is 5.75 Å². The third-order valence-corrected chi connectivity index (χ3v) is 9.83. The molecular weight excluding hydrogens is 769 g/mol. The van der Waals surface area contributed by atoms with Crippen LogP contribution < -0.4 is 20.4 Å². The van der Waals surface area contributed by atoms with Crippen LogP contribution in [0.3, 0.4) is 0 Å². The van der Waals surface area contributed by atoms with Crippen molar-refractivity contribution in [1.82, 2.24) is 14.8 Å². The molecule has 0 aliphatic carbocycles. The van der Waals surface area contributed by atoms with Crippen molar-refractivity contribution in [2.24, 2.45) is 0 Å². The van der Waals surface area contributed by atoms with Crippen LogP contribution in [0.4, 0.5) is 10.1 Å². The van der Waals surface area contributed by atoms with Crippen LogP contribution in [0.5, 0.6) is 5.75 Å². The molecule has 0 unspecified atom stereocenters. The summed E-state index contributed by atoms with van der Waals surface area (Å²) in [5.41, 5.74) is 3.46. The molecule has 0 bridgehead atoms. The molecule has 2 aliphatic heterocycles. The van der Waals surface area contributed by atoms with Crippen LogP contribution in [-0.4, -0.2) is 64.8 Å². The highest BCUT2D eigenvalue weighted by Gasteiger charge is 2.36. The van der Waals surface area contributed by atoms with Crippen LogP contribution in [0.25, 0.3) is 10.9 Å². The van der Waals surface area contributed by atoms with E-state index in [1.807, 2.05) is 47.3 Å². The molecule has 0 saturated carbocycles. The van der Waals surface area contributed by atoms with Crippen molar-refractivity contribution in [3.63, 3.8) is 0 Å². The summed E-state index contributed by atoms with van der Waals surface area (Å²) in [6, 6.07) is 6.90. The van der Waals surface area contributed by atoms with Crippen LogP contribution in [0, 0.1) is 5.82 Å². The van der Waals surface area contributed by atoms with Crippen molar-refractivity contribution < 1.29 is 23.8 Å². The maximum Gasteiger partial charge on any atom is 0.317 e. The van der Waals surface area contributed by atoms with Crippen LogP contribution in [0.15, 0.2) is 35.3 Å². The molecule has 42 heavy (non-hydrogen) atoms. The largest absolute Gasteiger partial charge is 0.487 e. The SMILES string of the molecule is C[C@@H]1CN(c2c(F)cc3c(=O)c(C(=O)NCc4ccc(CI)cc4CI)cn4c3c2OC[C@@H]4C)C[C@H](C)N1CC(=O)O. The van der Waals surface area contributed by atoms with Crippen LogP contribution in [-0.2, 0) is 20.2 Å². The number of nitrogens with zero attached hydrogens (tertiary/aromatic N) is 3. The monoisotopic (exact) mass is 802 g/mol. The number of aliphatic carboxylic acids is 1. The Kier molecular flexibility index (Phi) is 9.33. The third kappa shape index (κ3) is 5.85. The minimum atomic E-state index is -0.908. The average molecular weight is 802 g/mol. The van der Waals surface area contributed by atoms with E-state index in [2.05, 4.69) is 56.6 Å². The highest BCUT2D eigenvalue weighted by Crippen LogP contribution is 2.42. The minimum absolute atomic E-state index is 0.0428. The predicted molar refractivity (Wildman–Crippen MR) is 177 cm³/mol. The number of carboxylic acids is 1. The summed E-state index contributed by atoms with van der Waals surface area (Å²) in [6.07, 6.45) is 1.56. The summed E-state index contributed by atoms with van der Waals surface area (Å²) in [7, 11) is 0. The molecular formula is C30H33FI2N4O5. The fourth-order valence-corrected chi connectivity index (χ4v) is 7.19. The number of hydrogen-bond donors (Lipinski definition) is 2. The number of halogens is 3. The van der Waals surface area contributed by atoms with Gasteiger partial charge < -0.3 is 24.6 Å². The first-order valence-electron chi connectivity index (χ1n) is 13.8. The Bertz CT molecular complexity index is 1600. The number of nitrogens with one attached hydrogen (secondary N) is 1. The fourth-order valence-electron chi connectivity index (χ4n) is 6.01. The van der Waals surface area contributed by atoms with E-state index < -0.39 is 23.1 Å². The summed E-state index contributed by atoms with van der Waals surface area (Å²) in [5, 5.41) is 12.3. The Morgan fingerprint density at radius 2 is 1.79 bits per heavy atom. The lowest BCUT2D eigenvalue weighted by Gasteiger charge is -2.45. The molecule has 2 aliphatic rings. The number of alkyl halides is 2. The molecule has 224 valence electrons. The number of pyridine rings is 1. The first kappa shape index (κ1) is 31.0. The van der Waals surface area contributed by atoms with E-state index >= 15 is 4.39 Å². The van der Waals surface area contributed by atoms with E-state index in [9.17, 15) is 19.5 Å². The summed E-state index contributed by atoms with van der Waals surface area (Å²) in [4.78, 5) is 42.1. The van der Waals surface area contributed by atoms with Gasteiger partial charge in [-0.05, 0) is 43.5 Å². The molecule has 9 nitrogen and oxygen atoms in total. The Morgan fingerprint density at radius 3 is 2.43 bits per heavy atom. The smallest absolute Gasteiger partial charge is 0.317 e. The number of carboxylic acid groups (broad SMARTS) is 1. The van der Waals surface area contributed by atoms with Gasteiger partial charge in [-0.15, -0.1) is 0 Å². The zero-order chi connectivity index (χ0) is 30.3. The van der Waals surface area contributed by atoms with Crippen molar-refractivity contribution in [1.29, 1.82) is 0 Å². The Labute approximate surface area is 270 Å². The number of piperazine rings is 1. The Morgan fingerprint density at radius 1 is 1.07 bits per heavy atom. The lowest BCUT2D eigenvalue weighted by atomic mass is 10.0. The van der Waals surface area contributed by atoms with Gasteiger partial charge in [0.15, 0.2) is 11.6 Å². The standard InChI is InChI=1S/C30H33FI2N4O5/c1-16-11-35(12-17(2)36(16)14-25(38)39)27-24(31)7-22-26-29(27)42-15-18(3)37(26)13-23(28(22)40)30(41)34-10-20-5-4-19(8-32)6-21(20)9-33/h4-7,13,16-18H,8-12,14-15H2,1-3H3,(H,34,41)(H,38,39)/t16-,17+,18-/m0/s1. The fraction of sp³-hybridized carbons (Fsp3) is 0.433. The maximum absolute atomic E-state index is 15.9. The van der Waals surface area contributed by atoms with Crippen molar-refractivity contribution in [2.75, 3.05) is 31.1 Å². The molecule has 0 spiro atoms. The number of amides is 1. The maximum atomic E-state index is 15.9. The first-order valence-corrected chi connectivity index (χ1v) is 16.9. The molecule has 2 N–H and O–H groups in total. The van der Waals surface area contributed by atoms with Crippen LogP contribution in [0.2, 0.25) is 0 Å². The van der Waals surface area contributed by atoms with Gasteiger partial charge in [-0.1, -0.05) is 63.4 Å². The van der Waals surface area contributed by atoms with E-state index in [4.69, 9.17) is 4.74 Å². The number of hydrogen-bond acceptors (Lipinski definition) is 6. The number of rotatable bonds is 8. The molecule has 0 radical (unpaired) electrons. The summed E-state index contributed by atoms with van der Waals surface area (Å²) < 4.78 is 25.5. The zero-order valence-electron chi connectivity index (χ0n) is 23.6. The quantitative estimate of drug-likeness (QED) is 0.248. The molecule has 12 heteroatoms. The molecule has 5 rings (SSSR count). The predicted octanol–water partition coefficient (Wildman–Crippen LogP) is 4.88. The van der Waals surface area contributed by atoms with E-state index in [1.165, 1.54) is 11.6 Å². The van der Waals surface area contributed by atoms with Gasteiger partial charge in [0.1, 0.15) is 17.9 Å². The van der Waals surface area contributed by atoms with Gasteiger partial charge in [0.05, 0.1) is 23.5 Å². The van der Waals surface area contributed by atoms with Gasteiger partial charge in [0.2, 0.25) is 5.43 Å². The Balaban J connectivity index is 1.50. The zero-order valence-corrected chi connectivity index (χ0v) is 27.9. The summed E-state index contributed by atoms with van der Waals surface area (Å²) in [6.45, 7) is 6.98. The van der Waals surface area contributed by atoms with Crippen molar-refractivity contribution in [3.05, 3.63) is 68.8 Å². The Hall–Kier alpha value is -2.46. The normalized spacial score (nSPS) is 20.4. The molecule has 1 fully saturated rings. The number of carbonyl (C=O) groups excluding carboxylic acids is 1. The molecule has 1 aromatic heterocycles. The molecule has 2 aromatic carbocycles.